The minimum absolute atomic E-state index is 0.124. The Bertz CT molecular complexity index is 528. The van der Waals surface area contributed by atoms with Crippen molar-refractivity contribution in [2.75, 3.05) is 0 Å². The molecule has 4 rings (SSSR count). The van der Waals surface area contributed by atoms with E-state index in [0.29, 0.717) is 17.3 Å². The van der Waals surface area contributed by atoms with E-state index >= 15 is 0 Å². The van der Waals surface area contributed by atoms with Gasteiger partial charge in [-0.25, -0.2) is 0 Å². The standard InChI is InChI=1S/C16H20O2/c1-9-6-12(14-8-13(9)16(14,2)3)11-5-4-10(17)7-15(11)18/h4-7,12-14,17-18H,8H2,1-3H3/t12-,13+,14-/m0/s1. The van der Waals surface area contributed by atoms with Gasteiger partial charge < -0.3 is 10.2 Å². The van der Waals surface area contributed by atoms with Gasteiger partial charge >= 0.3 is 0 Å². The number of hydrogen-bond donors (Lipinski definition) is 2. The summed E-state index contributed by atoms with van der Waals surface area (Å²) in [5.74, 6) is 1.92. The fourth-order valence-electron chi connectivity index (χ4n) is 3.98. The van der Waals surface area contributed by atoms with E-state index < -0.39 is 0 Å². The molecule has 1 fully saturated rings. The molecule has 0 saturated heterocycles. The van der Waals surface area contributed by atoms with Crippen LogP contribution in [0.25, 0.3) is 0 Å². The Morgan fingerprint density at radius 3 is 2.50 bits per heavy atom. The zero-order valence-corrected chi connectivity index (χ0v) is 11.1. The van der Waals surface area contributed by atoms with Crippen LogP contribution in [0.5, 0.6) is 11.5 Å². The number of rotatable bonds is 1. The van der Waals surface area contributed by atoms with Gasteiger partial charge in [-0.2, -0.15) is 0 Å². The highest BCUT2D eigenvalue weighted by Gasteiger charge is 2.54. The van der Waals surface area contributed by atoms with Crippen LogP contribution in [0, 0.1) is 17.3 Å². The van der Waals surface area contributed by atoms with Crippen molar-refractivity contribution in [2.24, 2.45) is 17.3 Å². The molecule has 0 radical (unpaired) electrons. The molecule has 2 N–H and O–H groups in total. The number of allylic oxidation sites excluding steroid dienone is 2. The Labute approximate surface area is 108 Å². The Morgan fingerprint density at radius 1 is 1.22 bits per heavy atom. The van der Waals surface area contributed by atoms with Crippen molar-refractivity contribution in [1.82, 2.24) is 0 Å². The van der Waals surface area contributed by atoms with Crippen molar-refractivity contribution in [2.45, 2.75) is 33.1 Å². The number of benzene rings is 1. The summed E-state index contributed by atoms with van der Waals surface area (Å²) < 4.78 is 0. The van der Waals surface area contributed by atoms with E-state index in [-0.39, 0.29) is 17.4 Å². The topological polar surface area (TPSA) is 40.5 Å². The molecule has 0 unspecified atom stereocenters. The number of phenols is 2. The maximum absolute atomic E-state index is 10.0. The van der Waals surface area contributed by atoms with Gasteiger partial charge in [0.2, 0.25) is 0 Å². The number of hydrogen-bond acceptors (Lipinski definition) is 2. The van der Waals surface area contributed by atoms with Crippen LogP contribution >= 0.6 is 0 Å². The molecule has 2 bridgehead atoms. The van der Waals surface area contributed by atoms with Gasteiger partial charge in [0.1, 0.15) is 11.5 Å². The first-order valence-electron chi connectivity index (χ1n) is 6.61. The van der Waals surface area contributed by atoms with E-state index in [0.717, 1.165) is 5.56 Å². The first-order chi connectivity index (χ1) is 8.41. The van der Waals surface area contributed by atoms with E-state index in [1.165, 1.54) is 18.1 Å². The molecule has 18 heavy (non-hydrogen) atoms. The summed E-state index contributed by atoms with van der Waals surface area (Å²) >= 11 is 0. The molecule has 3 aliphatic carbocycles. The third-order valence-corrected chi connectivity index (χ3v) is 5.14. The van der Waals surface area contributed by atoms with Gasteiger partial charge in [0.15, 0.2) is 0 Å². The smallest absolute Gasteiger partial charge is 0.123 e. The zero-order valence-electron chi connectivity index (χ0n) is 11.1. The van der Waals surface area contributed by atoms with Gasteiger partial charge in [0.25, 0.3) is 0 Å². The maximum Gasteiger partial charge on any atom is 0.123 e. The molecule has 0 aromatic heterocycles. The molecule has 1 aromatic rings. The van der Waals surface area contributed by atoms with Gasteiger partial charge in [-0.15, -0.1) is 0 Å². The molecular formula is C16H20O2. The molecule has 1 aromatic carbocycles. The summed E-state index contributed by atoms with van der Waals surface area (Å²) in [6, 6.07) is 4.96. The second kappa shape index (κ2) is 3.53. The van der Waals surface area contributed by atoms with Gasteiger partial charge in [-0.05, 0) is 36.7 Å². The Morgan fingerprint density at radius 2 is 1.94 bits per heavy atom. The number of fused-ring (bicyclic) bond motifs is 1. The highest BCUT2D eigenvalue weighted by atomic mass is 16.3. The van der Waals surface area contributed by atoms with Crippen molar-refractivity contribution in [3.63, 3.8) is 0 Å². The second-order valence-electron chi connectivity index (χ2n) is 6.40. The summed E-state index contributed by atoms with van der Waals surface area (Å²) in [5.41, 5.74) is 2.72. The molecule has 3 aliphatic rings. The molecule has 0 heterocycles. The van der Waals surface area contributed by atoms with Crippen LogP contribution in [0.15, 0.2) is 29.8 Å². The van der Waals surface area contributed by atoms with Crippen LogP contribution in [0.1, 0.15) is 38.7 Å². The first kappa shape index (κ1) is 11.6. The Balaban J connectivity index is 2.05. The van der Waals surface area contributed by atoms with E-state index in [2.05, 4.69) is 26.8 Å². The lowest BCUT2D eigenvalue weighted by atomic mass is 9.45. The predicted molar refractivity (Wildman–Crippen MR) is 71.6 cm³/mol. The quantitative estimate of drug-likeness (QED) is 0.738. The van der Waals surface area contributed by atoms with Crippen molar-refractivity contribution in [3.8, 4) is 11.5 Å². The maximum atomic E-state index is 10.0. The third kappa shape index (κ3) is 1.41. The molecule has 3 atom stereocenters. The fraction of sp³-hybridized carbons (Fsp3) is 0.500. The van der Waals surface area contributed by atoms with Crippen LogP contribution in [-0.2, 0) is 0 Å². The average molecular weight is 244 g/mol. The SMILES string of the molecule is CC1=C[C@@H](c2ccc(O)cc2O)[C@@H]2C[C@H]1C2(C)C. The molecule has 0 aliphatic heterocycles. The van der Waals surface area contributed by atoms with Crippen LogP contribution < -0.4 is 0 Å². The summed E-state index contributed by atoms with van der Waals surface area (Å²) in [6.07, 6.45) is 3.52. The third-order valence-electron chi connectivity index (χ3n) is 5.14. The Kier molecular flexibility index (Phi) is 2.28. The Hall–Kier alpha value is -1.44. The van der Waals surface area contributed by atoms with Crippen LogP contribution in [0.3, 0.4) is 0 Å². The fourth-order valence-corrected chi connectivity index (χ4v) is 3.98. The van der Waals surface area contributed by atoms with Gasteiger partial charge in [-0.1, -0.05) is 31.6 Å². The van der Waals surface area contributed by atoms with E-state index in [1.807, 2.05) is 6.07 Å². The summed E-state index contributed by atoms with van der Waals surface area (Å²) in [7, 11) is 0. The van der Waals surface area contributed by atoms with Gasteiger partial charge in [0.05, 0.1) is 0 Å². The van der Waals surface area contributed by atoms with Crippen LogP contribution in [-0.4, -0.2) is 10.2 Å². The van der Waals surface area contributed by atoms with Crippen molar-refractivity contribution in [3.05, 3.63) is 35.4 Å². The monoisotopic (exact) mass is 244 g/mol. The van der Waals surface area contributed by atoms with E-state index in [9.17, 15) is 10.2 Å². The lowest BCUT2D eigenvalue weighted by molar-refractivity contribution is -0.0194. The highest BCUT2D eigenvalue weighted by molar-refractivity contribution is 5.46. The van der Waals surface area contributed by atoms with E-state index in [4.69, 9.17) is 0 Å². The minimum atomic E-state index is 0.124. The molecule has 96 valence electrons. The largest absolute Gasteiger partial charge is 0.508 e. The molecular weight excluding hydrogens is 224 g/mol. The molecule has 0 spiro atoms. The highest BCUT2D eigenvalue weighted by Crippen LogP contribution is 2.64. The lowest BCUT2D eigenvalue weighted by Gasteiger charge is -2.59. The first-order valence-corrected chi connectivity index (χ1v) is 6.61. The van der Waals surface area contributed by atoms with Crippen molar-refractivity contribution in [1.29, 1.82) is 0 Å². The summed E-state index contributed by atoms with van der Waals surface area (Å²) in [5, 5.41) is 19.4. The van der Waals surface area contributed by atoms with Gasteiger partial charge in [-0.3, -0.25) is 0 Å². The number of phenolic OH excluding ortho intramolecular Hbond substituents is 2. The molecule has 1 saturated carbocycles. The van der Waals surface area contributed by atoms with Crippen LogP contribution in [0.2, 0.25) is 0 Å². The zero-order chi connectivity index (χ0) is 13.1. The average Bonchev–Trinajstić information content (AvgIpc) is 2.27. The number of aromatic hydroxyl groups is 2. The van der Waals surface area contributed by atoms with Crippen LogP contribution in [0.4, 0.5) is 0 Å². The summed E-state index contributed by atoms with van der Waals surface area (Å²) in [4.78, 5) is 0. The normalized spacial score (nSPS) is 32.6. The van der Waals surface area contributed by atoms with Crippen molar-refractivity contribution < 1.29 is 10.2 Å². The molecule has 2 heteroatoms. The summed E-state index contributed by atoms with van der Waals surface area (Å²) in [6.45, 7) is 6.85. The molecule has 2 nitrogen and oxygen atoms in total. The van der Waals surface area contributed by atoms with Crippen molar-refractivity contribution >= 4 is 0 Å². The van der Waals surface area contributed by atoms with Gasteiger partial charge in [0, 0.05) is 17.5 Å². The lowest BCUT2D eigenvalue weighted by Crippen LogP contribution is -2.50. The predicted octanol–water partition coefficient (Wildman–Crippen LogP) is 3.80. The molecule has 0 amide bonds. The van der Waals surface area contributed by atoms with E-state index in [1.54, 1.807) is 6.07 Å². The second-order valence-corrected chi connectivity index (χ2v) is 6.40. The minimum Gasteiger partial charge on any atom is -0.508 e.